The van der Waals surface area contributed by atoms with Crippen LogP contribution in [0.5, 0.6) is 0 Å². The normalized spacial score (nSPS) is 11.2. The molecule has 0 saturated carbocycles. The molecular formula is C52H34N4. The SMILES string of the molecule is c1ccc(-c2ccc(-c3nc4ccccc4c4c(-c5ccc(-c6ccc(-c7cc(-c8ccccn8)nc(-c8ccccn8)c7)cc6)cc5)cccc34)cc2)cc1. The highest BCUT2D eigenvalue weighted by Gasteiger charge is 2.15. The van der Waals surface area contributed by atoms with Crippen LogP contribution in [-0.4, -0.2) is 19.9 Å². The van der Waals surface area contributed by atoms with Crippen LogP contribution in [0, 0.1) is 0 Å². The summed E-state index contributed by atoms with van der Waals surface area (Å²) in [7, 11) is 0. The molecule has 4 heteroatoms. The average Bonchev–Trinajstić information content (AvgIpc) is 3.29. The van der Waals surface area contributed by atoms with E-state index in [1.54, 1.807) is 12.4 Å². The maximum absolute atomic E-state index is 5.22. The van der Waals surface area contributed by atoms with E-state index in [2.05, 4.69) is 168 Å². The summed E-state index contributed by atoms with van der Waals surface area (Å²) in [6, 6.07) is 68.0. The van der Waals surface area contributed by atoms with Crippen LogP contribution in [0.25, 0.3) is 100 Å². The predicted molar refractivity (Wildman–Crippen MR) is 231 cm³/mol. The molecule has 0 amide bonds. The molecule has 4 heterocycles. The number of para-hydroxylation sites is 1. The van der Waals surface area contributed by atoms with Gasteiger partial charge in [0.25, 0.3) is 0 Å². The molecule has 56 heavy (non-hydrogen) atoms. The van der Waals surface area contributed by atoms with Crippen molar-refractivity contribution in [2.24, 2.45) is 0 Å². The minimum atomic E-state index is 0.813. The third kappa shape index (κ3) is 6.29. The topological polar surface area (TPSA) is 51.6 Å². The molecule has 0 fully saturated rings. The Morgan fingerprint density at radius 3 is 1.36 bits per heavy atom. The van der Waals surface area contributed by atoms with E-state index in [1.807, 2.05) is 36.4 Å². The summed E-state index contributed by atoms with van der Waals surface area (Å²) in [6.07, 6.45) is 3.60. The van der Waals surface area contributed by atoms with Crippen LogP contribution >= 0.6 is 0 Å². The van der Waals surface area contributed by atoms with Gasteiger partial charge in [0.05, 0.1) is 34.0 Å². The Labute approximate surface area is 325 Å². The maximum Gasteiger partial charge on any atom is 0.0900 e. The molecule has 0 aliphatic heterocycles. The Bertz CT molecular complexity index is 2910. The molecule has 0 atom stereocenters. The van der Waals surface area contributed by atoms with Crippen molar-refractivity contribution in [3.05, 3.63) is 207 Å². The van der Waals surface area contributed by atoms with Crippen molar-refractivity contribution in [3.8, 4) is 78.5 Å². The van der Waals surface area contributed by atoms with E-state index >= 15 is 0 Å². The molecule has 0 aliphatic carbocycles. The Kier molecular flexibility index (Phi) is 8.47. The van der Waals surface area contributed by atoms with Gasteiger partial charge in [0.2, 0.25) is 0 Å². The molecule has 0 saturated heterocycles. The van der Waals surface area contributed by atoms with Crippen molar-refractivity contribution in [1.82, 2.24) is 19.9 Å². The Hall–Kier alpha value is -7.56. The second-order valence-corrected chi connectivity index (χ2v) is 13.9. The van der Waals surface area contributed by atoms with Crippen LogP contribution in [0.15, 0.2) is 207 Å². The van der Waals surface area contributed by atoms with Crippen LogP contribution in [0.3, 0.4) is 0 Å². The molecule has 0 unspecified atom stereocenters. The summed E-state index contributed by atoms with van der Waals surface area (Å²) in [6.45, 7) is 0. The van der Waals surface area contributed by atoms with E-state index in [-0.39, 0.29) is 0 Å². The first-order valence-electron chi connectivity index (χ1n) is 18.8. The largest absolute Gasteiger partial charge is 0.255 e. The second-order valence-electron chi connectivity index (χ2n) is 13.9. The highest BCUT2D eigenvalue weighted by atomic mass is 14.8. The van der Waals surface area contributed by atoms with Crippen molar-refractivity contribution >= 4 is 21.7 Å². The van der Waals surface area contributed by atoms with Gasteiger partial charge in [-0.15, -0.1) is 0 Å². The summed E-state index contributed by atoms with van der Waals surface area (Å²) >= 11 is 0. The van der Waals surface area contributed by atoms with Crippen molar-refractivity contribution in [3.63, 3.8) is 0 Å². The lowest BCUT2D eigenvalue weighted by molar-refractivity contribution is 1.22. The number of benzene rings is 6. The molecule has 10 aromatic rings. The lowest BCUT2D eigenvalue weighted by Crippen LogP contribution is -1.94. The zero-order chi connectivity index (χ0) is 37.3. The molecule has 4 aromatic heterocycles. The molecule has 0 aliphatic rings. The first-order chi connectivity index (χ1) is 27.7. The molecule has 262 valence electrons. The number of rotatable bonds is 7. The number of hydrogen-bond donors (Lipinski definition) is 0. The van der Waals surface area contributed by atoms with E-state index in [4.69, 9.17) is 9.97 Å². The Morgan fingerprint density at radius 1 is 0.286 bits per heavy atom. The summed E-state index contributed by atoms with van der Waals surface area (Å²) < 4.78 is 0. The van der Waals surface area contributed by atoms with Gasteiger partial charge < -0.3 is 0 Å². The molecule has 0 radical (unpaired) electrons. The highest BCUT2D eigenvalue weighted by Crippen LogP contribution is 2.40. The van der Waals surface area contributed by atoms with Gasteiger partial charge in [-0.2, -0.15) is 0 Å². The summed E-state index contributed by atoms with van der Waals surface area (Å²) in [5.74, 6) is 0. The molecular weight excluding hydrogens is 681 g/mol. The number of hydrogen-bond acceptors (Lipinski definition) is 4. The van der Waals surface area contributed by atoms with Gasteiger partial charge >= 0.3 is 0 Å². The van der Waals surface area contributed by atoms with Crippen molar-refractivity contribution in [2.75, 3.05) is 0 Å². The van der Waals surface area contributed by atoms with E-state index in [9.17, 15) is 0 Å². The lowest BCUT2D eigenvalue weighted by Gasteiger charge is -2.15. The van der Waals surface area contributed by atoms with Crippen LogP contribution in [0.1, 0.15) is 0 Å². The molecule has 10 rings (SSSR count). The predicted octanol–water partition coefficient (Wildman–Crippen LogP) is 13.2. The van der Waals surface area contributed by atoms with Crippen molar-refractivity contribution in [1.29, 1.82) is 0 Å². The Balaban J connectivity index is 0.993. The molecule has 0 spiro atoms. The number of nitrogens with zero attached hydrogens (tertiary/aromatic N) is 4. The quantitative estimate of drug-likeness (QED) is 0.154. The van der Waals surface area contributed by atoms with Crippen LogP contribution in [0.4, 0.5) is 0 Å². The zero-order valence-electron chi connectivity index (χ0n) is 30.4. The van der Waals surface area contributed by atoms with Gasteiger partial charge in [-0.25, -0.2) is 9.97 Å². The summed E-state index contributed by atoms with van der Waals surface area (Å²) in [4.78, 5) is 19.3. The average molecular weight is 715 g/mol. The fourth-order valence-electron chi connectivity index (χ4n) is 7.60. The van der Waals surface area contributed by atoms with Gasteiger partial charge in [-0.05, 0) is 87.0 Å². The van der Waals surface area contributed by atoms with Gasteiger partial charge in [0.1, 0.15) is 0 Å². The third-order valence-electron chi connectivity index (χ3n) is 10.4. The molecule has 0 N–H and O–H groups in total. The fraction of sp³-hybridized carbons (Fsp3) is 0. The van der Waals surface area contributed by atoms with Gasteiger partial charge in [0.15, 0.2) is 0 Å². The van der Waals surface area contributed by atoms with E-state index < -0.39 is 0 Å². The second kappa shape index (κ2) is 14.3. The number of pyridine rings is 4. The smallest absolute Gasteiger partial charge is 0.0900 e. The fourth-order valence-corrected chi connectivity index (χ4v) is 7.60. The first-order valence-corrected chi connectivity index (χ1v) is 18.8. The van der Waals surface area contributed by atoms with Gasteiger partial charge in [-0.3, -0.25) is 9.97 Å². The van der Waals surface area contributed by atoms with Crippen molar-refractivity contribution < 1.29 is 0 Å². The summed E-state index contributed by atoms with van der Waals surface area (Å²) in [5.41, 5.74) is 15.6. The van der Waals surface area contributed by atoms with Crippen molar-refractivity contribution in [2.45, 2.75) is 0 Å². The summed E-state index contributed by atoms with van der Waals surface area (Å²) in [5, 5.41) is 3.50. The van der Waals surface area contributed by atoms with Gasteiger partial charge in [0, 0.05) is 34.1 Å². The van der Waals surface area contributed by atoms with E-state index in [1.165, 1.54) is 27.6 Å². The number of fused-ring (bicyclic) bond motifs is 3. The molecule has 0 bridgehead atoms. The maximum atomic E-state index is 5.22. The standard InChI is InChI=1S/C52H34N4/c1-2-11-35(12-3-1)36-25-29-41(30-26-36)52-45-15-10-14-43(51(45)44-13-4-5-16-46(44)56-52)40-27-23-38(24-28-40)37-19-21-39(22-20-37)42-33-49(47-17-6-8-31-53-47)55-50(34-42)48-18-7-9-32-54-48/h1-34H. The van der Waals surface area contributed by atoms with Gasteiger partial charge in [-0.1, -0.05) is 152 Å². The monoisotopic (exact) mass is 714 g/mol. The van der Waals surface area contributed by atoms with Crippen LogP contribution < -0.4 is 0 Å². The Morgan fingerprint density at radius 2 is 0.768 bits per heavy atom. The third-order valence-corrected chi connectivity index (χ3v) is 10.4. The minimum absolute atomic E-state index is 0.813. The van der Waals surface area contributed by atoms with E-state index in [0.717, 1.165) is 72.6 Å². The molecule has 4 nitrogen and oxygen atoms in total. The first kappa shape index (κ1) is 33.0. The van der Waals surface area contributed by atoms with E-state index in [0.29, 0.717) is 0 Å². The minimum Gasteiger partial charge on any atom is -0.255 e. The molecule has 6 aromatic carbocycles. The highest BCUT2D eigenvalue weighted by molar-refractivity contribution is 6.17. The zero-order valence-corrected chi connectivity index (χ0v) is 30.4. The van der Waals surface area contributed by atoms with Crippen LogP contribution in [0.2, 0.25) is 0 Å². The number of aromatic nitrogens is 4. The van der Waals surface area contributed by atoms with Crippen LogP contribution in [-0.2, 0) is 0 Å². The lowest BCUT2D eigenvalue weighted by atomic mass is 9.91.